The summed E-state index contributed by atoms with van der Waals surface area (Å²) in [4.78, 5) is 15.4. The van der Waals surface area contributed by atoms with E-state index in [2.05, 4.69) is 9.27 Å². The maximum absolute atomic E-state index is 11.5. The second kappa shape index (κ2) is 5.22. The number of hydrogen-bond acceptors (Lipinski definition) is 6. The van der Waals surface area contributed by atoms with Crippen LogP contribution in [0.2, 0.25) is 0 Å². The van der Waals surface area contributed by atoms with Crippen LogP contribution in [0.5, 0.6) is 0 Å². The molecule has 6 nitrogen and oxygen atoms in total. The van der Waals surface area contributed by atoms with E-state index in [9.17, 15) is 4.79 Å². The van der Waals surface area contributed by atoms with Crippen molar-refractivity contribution >= 4 is 28.4 Å². The van der Waals surface area contributed by atoms with Crippen molar-refractivity contribution in [2.45, 2.75) is 6.92 Å². The van der Waals surface area contributed by atoms with Crippen molar-refractivity contribution in [2.24, 2.45) is 0 Å². The molecule has 1 aromatic heterocycles. The molecule has 2 heterocycles. The number of ether oxygens (including phenoxy) is 1. The van der Waals surface area contributed by atoms with Gasteiger partial charge in [0, 0.05) is 32.2 Å². The number of amides is 1. The van der Waals surface area contributed by atoms with Gasteiger partial charge < -0.3 is 20.3 Å². The number of nitrogens with two attached hydrogens (primary N) is 1. The molecule has 7 heteroatoms. The topological polar surface area (TPSA) is 71.7 Å². The first-order chi connectivity index (χ1) is 8.20. The highest BCUT2D eigenvalue weighted by Gasteiger charge is 2.22. The van der Waals surface area contributed by atoms with Gasteiger partial charge in [0.15, 0.2) is 0 Å². The zero-order valence-corrected chi connectivity index (χ0v) is 10.6. The van der Waals surface area contributed by atoms with Crippen LogP contribution in [0.25, 0.3) is 0 Å². The van der Waals surface area contributed by atoms with Gasteiger partial charge in [0.2, 0.25) is 0 Å². The summed E-state index contributed by atoms with van der Waals surface area (Å²) < 4.78 is 9.01. The zero-order valence-electron chi connectivity index (χ0n) is 9.76. The van der Waals surface area contributed by atoms with Gasteiger partial charge >= 0.3 is 6.09 Å². The highest BCUT2D eigenvalue weighted by atomic mass is 32.1. The van der Waals surface area contributed by atoms with Crippen molar-refractivity contribution in [3.63, 3.8) is 0 Å². The van der Waals surface area contributed by atoms with Crippen molar-refractivity contribution in [1.29, 1.82) is 0 Å². The molecule has 0 aromatic carbocycles. The Balaban J connectivity index is 1.88. The molecule has 1 saturated heterocycles. The van der Waals surface area contributed by atoms with Gasteiger partial charge in [-0.3, -0.25) is 0 Å². The lowest BCUT2D eigenvalue weighted by atomic mass is 10.3. The average molecular weight is 256 g/mol. The molecule has 0 saturated carbocycles. The minimum atomic E-state index is -0.226. The zero-order chi connectivity index (χ0) is 12.3. The first-order valence-electron chi connectivity index (χ1n) is 5.59. The lowest BCUT2D eigenvalue weighted by Gasteiger charge is -2.34. The first kappa shape index (κ1) is 12.0. The van der Waals surface area contributed by atoms with E-state index in [-0.39, 0.29) is 6.09 Å². The minimum Gasteiger partial charge on any atom is -0.450 e. The van der Waals surface area contributed by atoms with Crippen LogP contribution in [-0.2, 0) is 4.74 Å². The molecule has 94 valence electrons. The molecular weight excluding hydrogens is 240 g/mol. The number of hydrogen-bond donors (Lipinski definition) is 1. The van der Waals surface area contributed by atoms with Gasteiger partial charge in [0.05, 0.1) is 6.61 Å². The van der Waals surface area contributed by atoms with E-state index in [1.54, 1.807) is 4.90 Å². The Morgan fingerprint density at radius 1 is 1.53 bits per heavy atom. The molecule has 0 unspecified atom stereocenters. The quantitative estimate of drug-likeness (QED) is 0.854. The summed E-state index contributed by atoms with van der Waals surface area (Å²) in [5.74, 6) is 0.554. The summed E-state index contributed by atoms with van der Waals surface area (Å²) in [5.41, 5.74) is 5.59. The van der Waals surface area contributed by atoms with Gasteiger partial charge in [-0.2, -0.15) is 4.37 Å². The minimum absolute atomic E-state index is 0.226. The summed E-state index contributed by atoms with van der Waals surface area (Å²) in [6.45, 7) is 5.17. The Morgan fingerprint density at radius 2 is 2.24 bits per heavy atom. The van der Waals surface area contributed by atoms with Gasteiger partial charge in [0.1, 0.15) is 10.8 Å². The number of carbonyl (C=O) groups is 1. The van der Waals surface area contributed by atoms with Gasteiger partial charge in [-0.25, -0.2) is 4.79 Å². The van der Waals surface area contributed by atoms with Crippen LogP contribution in [0.15, 0.2) is 6.07 Å². The van der Waals surface area contributed by atoms with Crippen LogP contribution in [0, 0.1) is 0 Å². The fourth-order valence-electron chi connectivity index (χ4n) is 1.75. The van der Waals surface area contributed by atoms with Crippen LogP contribution < -0.4 is 10.6 Å². The van der Waals surface area contributed by atoms with Crippen LogP contribution in [0.4, 0.5) is 15.6 Å². The molecule has 2 rings (SSSR count). The van der Waals surface area contributed by atoms with Crippen LogP contribution >= 0.6 is 11.5 Å². The van der Waals surface area contributed by atoms with Crippen LogP contribution in [-0.4, -0.2) is 48.2 Å². The van der Waals surface area contributed by atoms with Gasteiger partial charge in [-0.1, -0.05) is 0 Å². The Hall–Kier alpha value is -1.50. The van der Waals surface area contributed by atoms with Crippen molar-refractivity contribution in [1.82, 2.24) is 9.27 Å². The fourth-order valence-corrected chi connectivity index (χ4v) is 2.48. The van der Waals surface area contributed by atoms with Crippen LogP contribution in [0.3, 0.4) is 0 Å². The molecule has 1 fully saturated rings. The van der Waals surface area contributed by atoms with Gasteiger partial charge in [-0.15, -0.1) is 0 Å². The maximum Gasteiger partial charge on any atom is 0.409 e. The first-order valence-corrected chi connectivity index (χ1v) is 6.37. The highest BCUT2D eigenvalue weighted by Crippen LogP contribution is 2.23. The molecule has 2 N–H and O–H groups in total. The summed E-state index contributed by atoms with van der Waals surface area (Å²) >= 11 is 1.39. The lowest BCUT2D eigenvalue weighted by molar-refractivity contribution is 0.105. The second-order valence-corrected chi connectivity index (χ2v) is 4.55. The Morgan fingerprint density at radius 3 is 2.76 bits per heavy atom. The third kappa shape index (κ3) is 2.79. The summed E-state index contributed by atoms with van der Waals surface area (Å²) in [6, 6.07) is 1.87. The Kier molecular flexibility index (Phi) is 3.68. The predicted molar refractivity (Wildman–Crippen MR) is 67.3 cm³/mol. The number of aromatic nitrogens is 1. The molecule has 1 aromatic rings. The van der Waals surface area contributed by atoms with E-state index in [1.807, 2.05) is 13.0 Å². The van der Waals surface area contributed by atoms with E-state index in [0.29, 0.717) is 25.5 Å². The molecule has 17 heavy (non-hydrogen) atoms. The highest BCUT2D eigenvalue weighted by molar-refractivity contribution is 7.10. The van der Waals surface area contributed by atoms with E-state index >= 15 is 0 Å². The van der Waals surface area contributed by atoms with E-state index in [1.165, 1.54) is 11.5 Å². The van der Waals surface area contributed by atoms with Crippen molar-refractivity contribution in [3.05, 3.63) is 6.07 Å². The molecule has 0 radical (unpaired) electrons. The third-order valence-corrected chi connectivity index (χ3v) is 3.50. The second-order valence-electron chi connectivity index (χ2n) is 3.76. The lowest BCUT2D eigenvalue weighted by Crippen LogP contribution is -2.48. The monoisotopic (exact) mass is 256 g/mol. The Bertz CT molecular complexity index is 387. The van der Waals surface area contributed by atoms with Crippen molar-refractivity contribution in [2.75, 3.05) is 43.4 Å². The van der Waals surface area contributed by atoms with E-state index in [0.717, 1.165) is 18.1 Å². The molecule has 1 aliphatic rings. The third-order valence-electron chi connectivity index (χ3n) is 2.63. The van der Waals surface area contributed by atoms with Crippen LogP contribution in [0.1, 0.15) is 6.92 Å². The number of piperazine rings is 1. The predicted octanol–water partition coefficient (Wildman–Crippen LogP) is 1.00. The Labute approximate surface area is 104 Å². The summed E-state index contributed by atoms with van der Waals surface area (Å²) in [5, 5.41) is 1.06. The largest absolute Gasteiger partial charge is 0.450 e. The van der Waals surface area contributed by atoms with E-state index < -0.39 is 0 Å². The number of carbonyl (C=O) groups excluding carboxylic acids is 1. The number of rotatable bonds is 2. The van der Waals surface area contributed by atoms with E-state index in [4.69, 9.17) is 10.5 Å². The number of nitrogen functional groups attached to an aromatic ring is 1. The molecular formula is C10H16N4O2S. The molecule has 0 aliphatic carbocycles. The van der Waals surface area contributed by atoms with Crippen molar-refractivity contribution < 1.29 is 9.53 Å². The normalized spacial score (nSPS) is 16.1. The van der Waals surface area contributed by atoms with Gasteiger partial charge in [0.25, 0.3) is 0 Å². The smallest absolute Gasteiger partial charge is 0.409 e. The number of anilines is 2. The summed E-state index contributed by atoms with van der Waals surface area (Å²) in [7, 11) is 0. The number of nitrogens with zero attached hydrogens (tertiary/aromatic N) is 3. The molecule has 0 atom stereocenters. The SMILES string of the molecule is CCOC(=O)N1CCN(c2cc(N)ns2)CC1. The maximum atomic E-state index is 11.5. The fraction of sp³-hybridized carbons (Fsp3) is 0.600. The molecule has 0 spiro atoms. The molecule has 0 bridgehead atoms. The standard InChI is InChI=1S/C10H16N4O2S/c1-2-16-10(15)14-5-3-13(4-6-14)9-7-8(11)12-17-9/h7H,2-6H2,1H3,(H2,11,12). The molecule has 1 aliphatic heterocycles. The average Bonchev–Trinajstić information content (AvgIpc) is 2.76. The molecule has 1 amide bonds. The van der Waals surface area contributed by atoms with Gasteiger partial charge in [-0.05, 0) is 18.5 Å². The van der Waals surface area contributed by atoms with Crippen molar-refractivity contribution in [3.8, 4) is 0 Å². The summed E-state index contributed by atoms with van der Waals surface area (Å²) in [6.07, 6.45) is -0.226.